The van der Waals surface area contributed by atoms with Crippen LogP contribution in [-0.4, -0.2) is 38.3 Å². The highest BCUT2D eigenvalue weighted by Crippen LogP contribution is 2.30. The fraction of sp³-hybridized carbons (Fsp3) is 0.259. The highest BCUT2D eigenvalue weighted by Gasteiger charge is 2.27. The van der Waals surface area contributed by atoms with Gasteiger partial charge in [-0.15, -0.1) is 5.10 Å². The van der Waals surface area contributed by atoms with Gasteiger partial charge in [0.1, 0.15) is 0 Å². The first-order valence-electron chi connectivity index (χ1n) is 11.7. The van der Waals surface area contributed by atoms with Gasteiger partial charge in [0, 0.05) is 35.4 Å². The number of anilines is 1. The van der Waals surface area contributed by atoms with Crippen molar-refractivity contribution in [2.24, 2.45) is 0 Å². The molecule has 178 valence electrons. The molecular formula is C27H28ClN7. The van der Waals surface area contributed by atoms with Crippen molar-refractivity contribution in [1.29, 1.82) is 0 Å². The van der Waals surface area contributed by atoms with E-state index in [-0.39, 0.29) is 11.6 Å². The van der Waals surface area contributed by atoms with Gasteiger partial charge >= 0.3 is 0 Å². The molecule has 0 aliphatic carbocycles. The Morgan fingerprint density at radius 2 is 1.77 bits per heavy atom. The highest BCUT2D eigenvalue weighted by atomic mass is 35.5. The Kier molecular flexibility index (Phi) is 6.36. The zero-order valence-electron chi connectivity index (χ0n) is 20.0. The smallest absolute Gasteiger partial charge is 0.173 e. The number of tetrazole rings is 1. The van der Waals surface area contributed by atoms with Crippen LogP contribution in [0.2, 0.25) is 5.02 Å². The van der Waals surface area contributed by atoms with Crippen LogP contribution in [0.25, 0.3) is 21.7 Å². The molecule has 35 heavy (non-hydrogen) atoms. The SMILES string of the molecule is CC(C)(C)n1nnnc1C(NCCNc1ccnc2cc(Cl)ccc12)c1cccc2ccccc12. The highest BCUT2D eigenvalue weighted by molar-refractivity contribution is 6.31. The first-order chi connectivity index (χ1) is 16.9. The minimum absolute atomic E-state index is 0.176. The summed E-state index contributed by atoms with van der Waals surface area (Å²) >= 11 is 6.14. The van der Waals surface area contributed by atoms with Gasteiger partial charge in [0.2, 0.25) is 0 Å². The van der Waals surface area contributed by atoms with Crippen molar-refractivity contribution in [3.8, 4) is 0 Å². The second-order valence-electron chi connectivity index (χ2n) is 9.52. The number of hydrogen-bond acceptors (Lipinski definition) is 6. The van der Waals surface area contributed by atoms with Gasteiger partial charge in [-0.05, 0) is 71.8 Å². The largest absolute Gasteiger partial charge is 0.383 e. The van der Waals surface area contributed by atoms with E-state index in [1.54, 1.807) is 6.20 Å². The molecule has 0 aliphatic heterocycles. The second kappa shape index (κ2) is 9.60. The zero-order chi connectivity index (χ0) is 24.4. The number of halogens is 1. The molecule has 8 heteroatoms. The fourth-order valence-electron chi connectivity index (χ4n) is 4.38. The summed E-state index contributed by atoms with van der Waals surface area (Å²) in [7, 11) is 0. The topological polar surface area (TPSA) is 80.5 Å². The lowest BCUT2D eigenvalue weighted by Crippen LogP contribution is -2.34. The summed E-state index contributed by atoms with van der Waals surface area (Å²) < 4.78 is 1.90. The van der Waals surface area contributed by atoms with Gasteiger partial charge in [-0.1, -0.05) is 54.1 Å². The molecular weight excluding hydrogens is 458 g/mol. The third-order valence-electron chi connectivity index (χ3n) is 6.02. The summed E-state index contributed by atoms with van der Waals surface area (Å²) in [6.45, 7) is 7.72. The average molecular weight is 486 g/mol. The summed E-state index contributed by atoms with van der Waals surface area (Å²) in [5.41, 5.74) is 2.79. The lowest BCUT2D eigenvalue weighted by Gasteiger charge is -2.26. The van der Waals surface area contributed by atoms with Crippen LogP contribution in [0.4, 0.5) is 5.69 Å². The van der Waals surface area contributed by atoms with Crippen molar-refractivity contribution >= 4 is 39.0 Å². The average Bonchev–Trinajstić information content (AvgIpc) is 3.34. The Balaban J connectivity index is 1.42. The maximum atomic E-state index is 6.14. The van der Waals surface area contributed by atoms with Gasteiger partial charge in [0.05, 0.1) is 17.1 Å². The molecule has 0 spiro atoms. The molecule has 1 atom stereocenters. The molecule has 3 aromatic carbocycles. The summed E-state index contributed by atoms with van der Waals surface area (Å²) in [5.74, 6) is 0.790. The monoisotopic (exact) mass is 485 g/mol. The molecule has 0 bridgehead atoms. The summed E-state index contributed by atoms with van der Waals surface area (Å²) in [6.07, 6.45) is 1.80. The van der Waals surface area contributed by atoms with Gasteiger partial charge in [0.15, 0.2) is 5.82 Å². The van der Waals surface area contributed by atoms with E-state index in [1.165, 1.54) is 10.8 Å². The predicted octanol–water partition coefficient (Wildman–Crippen LogP) is 5.57. The summed E-state index contributed by atoms with van der Waals surface area (Å²) in [4.78, 5) is 4.43. The van der Waals surface area contributed by atoms with Crippen molar-refractivity contribution in [1.82, 2.24) is 30.5 Å². The van der Waals surface area contributed by atoms with Gasteiger partial charge < -0.3 is 10.6 Å². The molecule has 0 aliphatic rings. The van der Waals surface area contributed by atoms with Gasteiger partial charge in [0.25, 0.3) is 0 Å². The van der Waals surface area contributed by atoms with Crippen LogP contribution in [0.15, 0.2) is 72.9 Å². The maximum Gasteiger partial charge on any atom is 0.173 e. The first-order valence-corrected chi connectivity index (χ1v) is 12.1. The van der Waals surface area contributed by atoms with Gasteiger partial charge in [-0.25, -0.2) is 4.68 Å². The van der Waals surface area contributed by atoms with E-state index in [1.807, 2.05) is 28.9 Å². The van der Waals surface area contributed by atoms with Crippen molar-refractivity contribution in [2.75, 3.05) is 18.4 Å². The van der Waals surface area contributed by atoms with Crippen molar-refractivity contribution < 1.29 is 0 Å². The van der Waals surface area contributed by atoms with E-state index < -0.39 is 0 Å². The Hall–Kier alpha value is -3.55. The molecule has 5 aromatic rings. The van der Waals surface area contributed by atoms with E-state index in [0.29, 0.717) is 18.1 Å². The lowest BCUT2D eigenvalue weighted by molar-refractivity contribution is 0.326. The molecule has 2 aromatic heterocycles. The van der Waals surface area contributed by atoms with Gasteiger partial charge in [-0.2, -0.15) is 0 Å². The van der Waals surface area contributed by atoms with Gasteiger partial charge in [-0.3, -0.25) is 4.98 Å². The molecule has 7 nitrogen and oxygen atoms in total. The Labute approximate surface area is 209 Å². The molecule has 2 heterocycles. The van der Waals surface area contributed by atoms with Crippen LogP contribution in [0.5, 0.6) is 0 Å². The third kappa shape index (κ3) is 4.83. The van der Waals surface area contributed by atoms with Crippen LogP contribution in [0.3, 0.4) is 0 Å². The number of nitrogens with one attached hydrogen (secondary N) is 2. The van der Waals surface area contributed by atoms with E-state index in [9.17, 15) is 0 Å². The normalized spacial score (nSPS) is 12.8. The fourth-order valence-corrected chi connectivity index (χ4v) is 4.55. The minimum Gasteiger partial charge on any atom is -0.383 e. The van der Waals surface area contributed by atoms with E-state index in [0.717, 1.165) is 28.0 Å². The number of nitrogens with zero attached hydrogens (tertiary/aromatic N) is 5. The lowest BCUT2D eigenvalue weighted by atomic mass is 9.97. The van der Waals surface area contributed by atoms with Crippen LogP contribution >= 0.6 is 11.6 Å². The Bertz CT molecular complexity index is 1470. The molecule has 2 N–H and O–H groups in total. The minimum atomic E-state index is -0.251. The second-order valence-corrected chi connectivity index (χ2v) is 9.96. The number of aromatic nitrogens is 5. The molecule has 0 amide bonds. The number of benzene rings is 3. The maximum absolute atomic E-state index is 6.14. The third-order valence-corrected chi connectivity index (χ3v) is 6.25. The Morgan fingerprint density at radius 3 is 2.63 bits per heavy atom. The van der Waals surface area contributed by atoms with E-state index in [2.05, 4.69) is 94.4 Å². The van der Waals surface area contributed by atoms with E-state index in [4.69, 9.17) is 11.6 Å². The summed E-state index contributed by atoms with van der Waals surface area (Å²) in [5, 5.41) is 24.1. The number of pyridine rings is 1. The van der Waals surface area contributed by atoms with Crippen LogP contribution in [0.1, 0.15) is 38.2 Å². The molecule has 0 radical (unpaired) electrons. The van der Waals surface area contributed by atoms with Crippen LogP contribution < -0.4 is 10.6 Å². The molecule has 0 saturated heterocycles. The first kappa shape index (κ1) is 23.2. The van der Waals surface area contributed by atoms with Crippen molar-refractivity contribution in [2.45, 2.75) is 32.4 Å². The van der Waals surface area contributed by atoms with Crippen LogP contribution in [0, 0.1) is 0 Å². The standard InChI is InChI=1S/C27H28ClN7/c1-27(2,3)35-26(32-33-34-35)25(21-10-6-8-18-7-4-5-9-20(18)21)31-16-15-30-23-13-14-29-24-17-19(28)11-12-22(23)24/h4-14,17,25,31H,15-16H2,1-3H3,(H,29,30). The molecule has 0 fully saturated rings. The Morgan fingerprint density at radius 1 is 0.943 bits per heavy atom. The number of rotatable bonds is 7. The molecule has 1 unspecified atom stereocenters. The van der Waals surface area contributed by atoms with Crippen LogP contribution in [-0.2, 0) is 5.54 Å². The quantitative estimate of drug-likeness (QED) is 0.293. The molecule has 5 rings (SSSR count). The van der Waals surface area contributed by atoms with E-state index >= 15 is 0 Å². The summed E-state index contributed by atoms with van der Waals surface area (Å²) in [6, 6.07) is 22.3. The van der Waals surface area contributed by atoms with Crippen molar-refractivity contribution in [3.63, 3.8) is 0 Å². The predicted molar refractivity (Wildman–Crippen MR) is 142 cm³/mol. The van der Waals surface area contributed by atoms with Crippen molar-refractivity contribution in [3.05, 3.63) is 89.3 Å². The number of fused-ring (bicyclic) bond motifs is 2. The zero-order valence-corrected chi connectivity index (χ0v) is 20.8. The number of hydrogen-bond donors (Lipinski definition) is 2. The molecule has 0 saturated carbocycles.